The molecule has 0 unspecified atom stereocenters. The van der Waals surface area contributed by atoms with Gasteiger partial charge in [-0.3, -0.25) is 9.59 Å². The molecule has 0 radical (unpaired) electrons. The molecular weight excluding hydrogens is 388 g/mol. The molecule has 6 heteroatoms. The molecule has 0 aliphatic heterocycles. The third kappa shape index (κ3) is 2.83. The molecule has 0 saturated carbocycles. The molecule has 4 heterocycles. The number of aromatic nitrogens is 2. The Kier molecular flexibility index (Phi) is 4.07. The van der Waals surface area contributed by atoms with Crippen molar-refractivity contribution >= 4 is 56.0 Å². The van der Waals surface area contributed by atoms with Crippen LogP contribution in [0.25, 0.3) is 21.8 Å². The number of carbonyl (C=O) groups excluding carboxylic acids is 2. The van der Waals surface area contributed by atoms with Gasteiger partial charge in [-0.05, 0) is 35.0 Å². The fourth-order valence-corrected chi connectivity index (χ4v) is 4.43. The van der Waals surface area contributed by atoms with E-state index in [1.165, 1.54) is 22.7 Å². The van der Waals surface area contributed by atoms with E-state index >= 15 is 0 Å². The SMILES string of the molecule is O=C(c1ccc2ccc3ccc(C(=O)c4cccs4)nc3c2n1)c1cccs1. The van der Waals surface area contributed by atoms with Gasteiger partial charge in [0.2, 0.25) is 11.6 Å². The van der Waals surface area contributed by atoms with E-state index in [1.807, 2.05) is 47.2 Å². The molecule has 28 heavy (non-hydrogen) atoms. The van der Waals surface area contributed by atoms with Crippen molar-refractivity contribution in [3.05, 3.63) is 92.6 Å². The topological polar surface area (TPSA) is 59.9 Å². The van der Waals surface area contributed by atoms with Gasteiger partial charge >= 0.3 is 0 Å². The molecule has 4 nitrogen and oxygen atoms in total. The van der Waals surface area contributed by atoms with Crippen molar-refractivity contribution < 1.29 is 9.59 Å². The predicted molar refractivity (Wildman–Crippen MR) is 113 cm³/mol. The van der Waals surface area contributed by atoms with Crippen molar-refractivity contribution in [1.29, 1.82) is 0 Å². The lowest BCUT2D eigenvalue weighted by Crippen LogP contribution is -2.04. The lowest BCUT2D eigenvalue weighted by molar-refractivity contribution is 0.103. The quantitative estimate of drug-likeness (QED) is 0.301. The molecular formula is C22H12N2O2S2. The van der Waals surface area contributed by atoms with Crippen LogP contribution in [-0.4, -0.2) is 21.5 Å². The second-order valence-corrected chi connectivity index (χ2v) is 8.11. The highest BCUT2D eigenvalue weighted by atomic mass is 32.1. The Labute approximate surface area is 168 Å². The number of nitrogens with zero attached hydrogens (tertiary/aromatic N) is 2. The van der Waals surface area contributed by atoms with Gasteiger partial charge in [0.05, 0.1) is 20.8 Å². The van der Waals surface area contributed by atoms with Crippen LogP contribution in [0.2, 0.25) is 0 Å². The maximum Gasteiger partial charge on any atom is 0.221 e. The first kappa shape index (κ1) is 16.9. The van der Waals surface area contributed by atoms with E-state index in [9.17, 15) is 9.59 Å². The standard InChI is InChI=1S/C22H12N2O2S2/c25-21(17-3-1-11-27-17)15-9-7-13-5-6-14-8-10-16(24-20(14)19(13)23-15)22(26)18-4-2-12-28-18/h1-12H. The van der Waals surface area contributed by atoms with Gasteiger partial charge in [-0.1, -0.05) is 36.4 Å². The summed E-state index contributed by atoms with van der Waals surface area (Å²) in [6.07, 6.45) is 0. The van der Waals surface area contributed by atoms with Crippen LogP contribution in [0, 0.1) is 0 Å². The molecule has 5 rings (SSSR count). The lowest BCUT2D eigenvalue weighted by Gasteiger charge is -2.06. The summed E-state index contributed by atoms with van der Waals surface area (Å²) in [6, 6.07) is 18.4. The highest BCUT2D eigenvalue weighted by Gasteiger charge is 2.16. The first-order valence-electron chi connectivity index (χ1n) is 8.58. The molecule has 0 aliphatic rings. The van der Waals surface area contributed by atoms with Crippen molar-refractivity contribution in [2.75, 3.05) is 0 Å². The minimum Gasteiger partial charge on any atom is -0.286 e. The Morgan fingerprint density at radius 1 is 0.607 bits per heavy atom. The van der Waals surface area contributed by atoms with E-state index in [0.29, 0.717) is 32.2 Å². The van der Waals surface area contributed by atoms with E-state index in [-0.39, 0.29) is 11.6 Å². The first-order valence-corrected chi connectivity index (χ1v) is 10.3. The van der Waals surface area contributed by atoms with Crippen LogP contribution in [0.3, 0.4) is 0 Å². The van der Waals surface area contributed by atoms with E-state index in [4.69, 9.17) is 0 Å². The van der Waals surface area contributed by atoms with Gasteiger partial charge in [0, 0.05) is 10.8 Å². The first-order chi connectivity index (χ1) is 13.7. The van der Waals surface area contributed by atoms with Gasteiger partial charge < -0.3 is 0 Å². The summed E-state index contributed by atoms with van der Waals surface area (Å²) in [5.41, 5.74) is 2.00. The summed E-state index contributed by atoms with van der Waals surface area (Å²) >= 11 is 2.78. The van der Waals surface area contributed by atoms with Gasteiger partial charge in [0.1, 0.15) is 11.4 Å². The highest BCUT2D eigenvalue weighted by molar-refractivity contribution is 7.12. The molecule has 0 spiro atoms. The molecule has 1 aromatic carbocycles. The number of hydrogen-bond donors (Lipinski definition) is 0. The normalized spacial score (nSPS) is 11.1. The van der Waals surface area contributed by atoms with Gasteiger partial charge in [-0.15, -0.1) is 22.7 Å². The molecule has 0 atom stereocenters. The molecule has 134 valence electrons. The fraction of sp³-hybridized carbons (Fsp3) is 0. The number of fused-ring (bicyclic) bond motifs is 3. The second-order valence-electron chi connectivity index (χ2n) is 6.21. The number of benzene rings is 1. The third-order valence-electron chi connectivity index (χ3n) is 4.47. The molecule has 0 saturated heterocycles. The Balaban J connectivity index is 1.68. The highest BCUT2D eigenvalue weighted by Crippen LogP contribution is 2.25. The van der Waals surface area contributed by atoms with Crippen LogP contribution in [0.5, 0.6) is 0 Å². The smallest absolute Gasteiger partial charge is 0.221 e. The van der Waals surface area contributed by atoms with Crippen molar-refractivity contribution in [3.8, 4) is 0 Å². The predicted octanol–water partition coefficient (Wildman–Crippen LogP) is 5.37. The zero-order valence-corrected chi connectivity index (χ0v) is 16.1. The van der Waals surface area contributed by atoms with Crippen LogP contribution in [0.1, 0.15) is 30.7 Å². The molecule has 0 bridgehead atoms. The van der Waals surface area contributed by atoms with Crippen molar-refractivity contribution in [1.82, 2.24) is 9.97 Å². The van der Waals surface area contributed by atoms with Crippen LogP contribution >= 0.6 is 22.7 Å². The van der Waals surface area contributed by atoms with Gasteiger partial charge in [-0.25, -0.2) is 9.97 Å². The summed E-state index contributed by atoms with van der Waals surface area (Å²) in [5.74, 6) is -0.223. The number of thiophene rings is 2. The maximum absolute atomic E-state index is 12.7. The maximum atomic E-state index is 12.7. The largest absolute Gasteiger partial charge is 0.286 e. The van der Waals surface area contributed by atoms with E-state index in [0.717, 1.165) is 10.8 Å². The van der Waals surface area contributed by atoms with E-state index < -0.39 is 0 Å². The summed E-state index contributed by atoms with van der Waals surface area (Å²) in [6.45, 7) is 0. The van der Waals surface area contributed by atoms with Crippen molar-refractivity contribution in [3.63, 3.8) is 0 Å². The molecule has 4 aromatic heterocycles. The monoisotopic (exact) mass is 400 g/mol. The Morgan fingerprint density at radius 3 is 1.43 bits per heavy atom. The summed E-state index contributed by atoms with van der Waals surface area (Å²) in [5, 5.41) is 5.49. The number of rotatable bonds is 4. The Hall–Kier alpha value is -3.22. The Bertz CT molecular complexity index is 1240. The lowest BCUT2D eigenvalue weighted by atomic mass is 10.1. The summed E-state index contributed by atoms with van der Waals surface area (Å²) in [4.78, 5) is 35.9. The van der Waals surface area contributed by atoms with Crippen LogP contribution < -0.4 is 0 Å². The number of ketones is 2. The molecule has 0 aliphatic carbocycles. The second kappa shape index (κ2) is 6.74. The minimum absolute atomic E-state index is 0.111. The van der Waals surface area contributed by atoms with E-state index in [1.54, 1.807) is 24.3 Å². The number of pyridine rings is 2. The molecule has 0 amide bonds. The average Bonchev–Trinajstić information content (AvgIpc) is 3.46. The van der Waals surface area contributed by atoms with Crippen molar-refractivity contribution in [2.24, 2.45) is 0 Å². The molecule has 0 N–H and O–H groups in total. The third-order valence-corrected chi connectivity index (χ3v) is 6.21. The van der Waals surface area contributed by atoms with Crippen LogP contribution in [-0.2, 0) is 0 Å². The molecule has 5 aromatic rings. The fourth-order valence-electron chi connectivity index (χ4n) is 3.09. The van der Waals surface area contributed by atoms with Gasteiger partial charge in [-0.2, -0.15) is 0 Å². The van der Waals surface area contributed by atoms with Crippen LogP contribution in [0.4, 0.5) is 0 Å². The Morgan fingerprint density at radius 2 is 1.04 bits per heavy atom. The zero-order chi connectivity index (χ0) is 19.1. The number of carbonyl (C=O) groups is 2. The van der Waals surface area contributed by atoms with E-state index in [2.05, 4.69) is 9.97 Å². The van der Waals surface area contributed by atoms with Gasteiger partial charge in [0.15, 0.2) is 0 Å². The number of hydrogen-bond acceptors (Lipinski definition) is 6. The van der Waals surface area contributed by atoms with Crippen molar-refractivity contribution in [2.45, 2.75) is 0 Å². The average molecular weight is 400 g/mol. The van der Waals surface area contributed by atoms with Gasteiger partial charge in [0.25, 0.3) is 0 Å². The zero-order valence-electron chi connectivity index (χ0n) is 14.5. The van der Waals surface area contributed by atoms with Crippen LogP contribution in [0.15, 0.2) is 71.4 Å². The summed E-state index contributed by atoms with van der Waals surface area (Å²) < 4.78 is 0. The minimum atomic E-state index is -0.111. The molecule has 0 fully saturated rings. The summed E-state index contributed by atoms with van der Waals surface area (Å²) in [7, 11) is 0.